The fourth-order valence-electron chi connectivity index (χ4n) is 0.909. The van der Waals surface area contributed by atoms with Crippen molar-refractivity contribution < 1.29 is 13.2 Å². The second kappa shape index (κ2) is 5.38. The van der Waals surface area contributed by atoms with E-state index in [0.29, 0.717) is 17.6 Å². The van der Waals surface area contributed by atoms with Gasteiger partial charge in [-0.15, -0.1) is 10.2 Å². The molecule has 0 fully saturated rings. The number of halogens is 3. The van der Waals surface area contributed by atoms with E-state index in [9.17, 15) is 13.2 Å². The van der Waals surface area contributed by atoms with Gasteiger partial charge in [-0.05, 0) is 18.4 Å². The molecule has 1 unspecified atom stereocenters. The number of nitrogens with zero attached hydrogens (tertiary/aromatic N) is 2. The highest BCUT2D eigenvalue weighted by Gasteiger charge is 2.32. The summed E-state index contributed by atoms with van der Waals surface area (Å²) in [6.45, 7) is 2.65. The third-order valence-electron chi connectivity index (χ3n) is 1.93. The van der Waals surface area contributed by atoms with Crippen LogP contribution in [0.2, 0.25) is 0 Å². The van der Waals surface area contributed by atoms with Crippen molar-refractivity contribution in [3.05, 3.63) is 17.8 Å². The Balaban J connectivity index is 2.58. The van der Waals surface area contributed by atoms with Crippen molar-refractivity contribution in [3.8, 4) is 0 Å². The minimum absolute atomic E-state index is 0.355. The maximum atomic E-state index is 12.2. The van der Waals surface area contributed by atoms with Crippen LogP contribution in [0.15, 0.2) is 12.1 Å². The van der Waals surface area contributed by atoms with E-state index < -0.39 is 11.9 Å². The van der Waals surface area contributed by atoms with Crippen molar-refractivity contribution in [2.75, 3.05) is 18.1 Å². The molecule has 0 saturated heterocycles. The molecule has 1 N–H and O–H groups in total. The van der Waals surface area contributed by atoms with Gasteiger partial charge in [-0.25, -0.2) is 0 Å². The van der Waals surface area contributed by atoms with Gasteiger partial charge in [0.2, 0.25) is 0 Å². The number of thioether (sulfide) groups is 1. The van der Waals surface area contributed by atoms with E-state index in [1.54, 1.807) is 11.8 Å². The van der Waals surface area contributed by atoms with Crippen LogP contribution in [-0.2, 0) is 6.18 Å². The summed E-state index contributed by atoms with van der Waals surface area (Å²) in [5, 5.41) is 9.85. The SMILES string of the molecule is CSC(C)CNc1ccc(C(F)(F)F)nn1. The van der Waals surface area contributed by atoms with Crippen molar-refractivity contribution in [2.24, 2.45) is 0 Å². The monoisotopic (exact) mass is 251 g/mol. The molecule has 1 atom stereocenters. The molecule has 0 aliphatic carbocycles. The largest absolute Gasteiger partial charge is 0.435 e. The number of anilines is 1. The average molecular weight is 251 g/mol. The van der Waals surface area contributed by atoms with E-state index in [0.717, 1.165) is 6.07 Å². The van der Waals surface area contributed by atoms with Crippen molar-refractivity contribution in [2.45, 2.75) is 18.3 Å². The van der Waals surface area contributed by atoms with Crippen LogP contribution in [-0.4, -0.2) is 28.2 Å². The Kier molecular flexibility index (Phi) is 4.40. The third-order valence-corrected chi connectivity index (χ3v) is 2.90. The summed E-state index contributed by atoms with van der Waals surface area (Å²) in [5.41, 5.74) is -0.976. The predicted octanol–water partition coefficient (Wildman–Crippen LogP) is 2.66. The Bertz CT molecular complexity index is 326. The van der Waals surface area contributed by atoms with Gasteiger partial charge in [0, 0.05) is 11.8 Å². The summed E-state index contributed by atoms with van der Waals surface area (Å²) in [6, 6.07) is 2.20. The molecule has 0 aliphatic rings. The standard InChI is InChI=1S/C9H12F3N3S/c1-6(16-2)5-13-8-4-3-7(14-15-8)9(10,11)12/h3-4,6H,5H2,1-2H3,(H,13,15). The lowest BCUT2D eigenvalue weighted by Gasteiger charge is -2.10. The second-order valence-corrected chi connectivity index (χ2v) is 4.50. The number of hydrogen-bond acceptors (Lipinski definition) is 4. The Morgan fingerprint density at radius 1 is 1.38 bits per heavy atom. The van der Waals surface area contributed by atoms with Crippen LogP contribution >= 0.6 is 11.8 Å². The average Bonchev–Trinajstić information content (AvgIpc) is 2.25. The van der Waals surface area contributed by atoms with Gasteiger partial charge in [0.1, 0.15) is 5.82 Å². The third kappa shape index (κ3) is 3.88. The molecule has 0 saturated carbocycles. The first kappa shape index (κ1) is 13.1. The predicted molar refractivity (Wildman–Crippen MR) is 58.5 cm³/mol. The molecule has 7 heteroatoms. The van der Waals surface area contributed by atoms with Crippen LogP contribution < -0.4 is 5.32 Å². The van der Waals surface area contributed by atoms with Crippen LogP contribution in [0.1, 0.15) is 12.6 Å². The Labute approximate surface area is 95.8 Å². The summed E-state index contributed by atoms with van der Waals surface area (Å²) in [5.74, 6) is 0.355. The van der Waals surface area contributed by atoms with Crippen LogP contribution in [0, 0.1) is 0 Å². The lowest BCUT2D eigenvalue weighted by Crippen LogP contribution is -2.15. The fraction of sp³-hybridized carbons (Fsp3) is 0.556. The first-order chi connectivity index (χ1) is 7.43. The number of nitrogens with one attached hydrogen (secondary N) is 1. The summed E-state index contributed by atoms with van der Waals surface area (Å²) in [7, 11) is 0. The van der Waals surface area contributed by atoms with E-state index in [1.807, 2.05) is 13.2 Å². The molecule has 90 valence electrons. The molecule has 0 amide bonds. The highest BCUT2D eigenvalue weighted by Crippen LogP contribution is 2.27. The van der Waals surface area contributed by atoms with Gasteiger partial charge < -0.3 is 5.32 Å². The molecule has 0 spiro atoms. The molecule has 0 bridgehead atoms. The van der Waals surface area contributed by atoms with Crippen LogP contribution in [0.5, 0.6) is 0 Å². The van der Waals surface area contributed by atoms with E-state index in [-0.39, 0.29) is 0 Å². The summed E-state index contributed by atoms with van der Waals surface area (Å²) >= 11 is 1.66. The number of alkyl halides is 3. The van der Waals surface area contributed by atoms with Gasteiger partial charge in [-0.3, -0.25) is 0 Å². The molecule has 1 heterocycles. The maximum Gasteiger partial charge on any atom is 0.435 e. The van der Waals surface area contributed by atoms with Gasteiger partial charge in [0.25, 0.3) is 0 Å². The van der Waals surface area contributed by atoms with Gasteiger partial charge in [-0.2, -0.15) is 24.9 Å². The highest BCUT2D eigenvalue weighted by molar-refractivity contribution is 7.99. The zero-order chi connectivity index (χ0) is 12.2. The first-order valence-corrected chi connectivity index (χ1v) is 5.90. The molecule has 3 nitrogen and oxygen atoms in total. The highest BCUT2D eigenvalue weighted by atomic mass is 32.2. The van der Waals surface area contributed by atoms with Crippen LogP contribution in [0.4, 0.5) is 19.0 Å². The smallest absolute Gasteiger partial charge is 0.367 e. The maximum absolute atomic E-state index is 12.2. The van der Waals surface area contributed by atoms with E-state index in [2.05, 4.69) is 15.5 Å². The number of rotatable bonds is 4. The number of aromatic nitrogens is 2. The lowest BCUT2D eigenvalue weighted by molar-refractivity contribution is -0.141. The van der Waals surface area contributed by atoms with Crippen LogP contribution in [0.25, 0.3) is 0 Å². The van der Waals surface area contributed by atoms with Gasteiger partial charge >= 0.3 is 6.18 Å². The minimum atomic E-state index is -4.43. The molecular formula is C9H12F3N3S. The zero-order valence-corrected chi connectivity index (χ0v) is 9.69. The Hall–Kier alpha value is -0.980. The lowest BCUT2D eigenvalue weighted by atomic mass is 10.3. The van der Waals surface area contributed by atoms with E-state index >= 15 is 0 Å². The Morgan fingerprint density at radius 3 is 2.50 bits per heavy atom. The summed E-state index contributed by atoms with van der Waals surface area (Å²) in [4.78, 5) is 0. The molecule has 0 radical (unpaired) electrons. The second-order valence-electron chi connectivity index (χ2n) is 3.23. The van der Waals surface area contributed by atoms with Gasteiger partial charge in [0.15, 0.2) is 5.69 Å². The van der Waals surface area contributed by atoms with E-state index in [4.69, 9.17) is 0 Å². The van der Waals surface area contributed by atoms with E-state index in [1.165, 1.54) is 6.07 Å². The Morgan fingerprint density at radius 2 is 2.06 bits per heavy atom. The zero-order valence-electron chi connectivity index (χ0n) is 8.88. The van der Waals surface area contributed by atoms with Crippen LogP contribution in [0.3, 0.4) is 0 Å². The van der Waals surface area contributed by atoms with Crippen molar-refractivity contribution in [1.29, 1.82) is 0 Å². The molecule has 0 aliphatic heterocycles. The topological polar surface area (TPSA) is 37.8 Å². The minimum Gasteiger partial charge on any atom is -0.367 e. The van der Waals surface area contributed by atoms with Crippen molar-refractivity contribution >= 4 is 17.6 Å². The normalized spacial score (nSPS) is 13.6. The quantitative estimate of drug-likeness (QED) is 0.892. The molecule has 16 heavy (non-hydrogen) atoms. The van der Waals surface area contributed by atoms with Gasteiger partial charge in [-0.1, -0.05) is 6.92 Å². The molecular weight excluding hydrogens is 239 g/mol. The van der Waals surface area contributed by atoms with Crippen molar-refractivity contribution in [3.63, 3.8) is 0 Å². The number of hydrogen-bond donors (Lipinski definition) is 1. The van der Waals surface area contributed by atoms with Gasteiger partial charge in [0.05, 0.1) is 0 Å². The molecule has 0 aromatic carbocycles. The summed E-state index contributed by atoms with van der Waals surface area (Å²) < 4.78 is 36.5. The molecule has 1 aromatic rings. The van der Waals surface area contributed by atoms with Crippen molar-refractivity contribution in [1.82, 2.24) is 10.2 Å². The fourth-order valence-corrected chi connectivity index (χ4v) is 1.16. The molecule has 1 aromatic heterocycles. The molecule has 1 rings (SSSR count). The first-order valence-electron chi connectivity index (χ1n) is 4.61. The summed E-state index contributed by atoms with van der Waals surface area (Å²) in [6.07, 6.45) is -2.47.